The van der Waals surface area contributed by atoms with Gasteiger partial charge in [-0.25, -0.2) is 4.68 Å². The Balaban J connectivity index is 1.64. The largest absolute Gasteiger partial charge is 0.345 e. The van der Waals surface area contributed by atoms with E-state index in [1.54, 1.807) is 10.9 Å². The predicted octanol–water partition coefficient (Wildman–Crippen LogP) is 3.71. The Hall–Kier alpha value is -3.15. The third-order valence-corrected chi connectivity index (χ3v) is 5.02. The van der Waals surface area contributed by atoms with Crippen LogP contribution in [0.1, 0.15) is 26.3 Å². The monoisotopic (exact) mass is 375 g/mol. The topological polar surface area (TPSA) is 66.8 Å². The van der Waals surface area contributed by atoms with Crippen LogP contribution < -0.4 is 10.5 Å². The molecule has 28 heavy (non-hydrogen) atoms. The number of likely N-dealkylation sites (N-methyl/N-ethyl adjacent to an activating group) is 1. The summed E-state index contributed by atoms with van der Waals surface area (Å²) in [7, 11) is 1.95. The molecule has 0 radical (unpaired) electrons. The van der Waals surface area contributed by atoms with Crippen molar-refractivity contribution in [3.05, 3.63) is 64.6 Å². The highest BCUT2D eigenvalue weighted by atomic mass is 16.1. The van der Waals surface area contributed by atoms with Gasteiger partial charge in [-0.15, -0.1) is 0 Å². The van der Waals surface area contributed by atoms with Crippen LogP contribution in [0, 0.1) is 0 Å². The number of aromatic amines is 1. The molecule has 6 nitrogen and oxygen atoms in total. The molecule has 144 valence electrons. The highest BCUT2D eigenvalue weighted by Crippen LogP contribution is 2.21. The van der Waals surface area contributed by atoms with Crippen LogP contribution in [0.25, 0.3) is 21.8 Å². The molecule has 0 bridgehead atoms. The van der Waals surface area contributed by atoms with Crippen LogP contribution in [0.3, 0.4) is 0 Å². The smallest absolute Gasteiger partial charge is 0.263 e. The summed E-state index contributed by atoms with van der Waals surface area (Å²) in [5, 5.41) is 7.39. The first kappa shape index (κ1) is 18.2. The average Bonchev–Trinajstić information content (AvgIpc) is 3.11. The van der Waals surface area contributed by atoms with Gasteiger partial charge in [-0.05, 0) is 43.5 Å². The molecule has 0 aliphatic heterocycles. The number of H-pyrrole nitrogens is 1. The maximum absolute atomic E-state index is 12.5. The van der Waals surface area contributed by atoms with E-state index < -0.39 is 0 Å². The van der Waals surface area contributed by atoms with Crippen molar-refractivity contribution in [3.63, 3.8) is 0 Å². The molecule has 0 unspecified atom stereocenters. The minimum absolute atomic E-state index is 0.160. The van der Waals surface area contributed by atoms with E-state index >= 15 is 0 Å². The van der Waals surface area contributed by atoms with Crippen LogP contribution >= 0.6 is 0 Å². The Bertz CT molecular complexity index is 1190. The normalized spacial score (nSPS) is 12.0. The predicted molar refractivity (Wildman–Crippen MR) is 114 cm³/mol. The minimum Gasteiger partial charge on any atom is -0.345 e. The number of nitrogens with zero attached hydrogens (tertiary/aromatic N) is 4. The molecule has 0 atom stereocenters. The summed E-state index contributed by atoms with van der Waals surface area (Å²) in [6, 6.07) is 14.8. The van der Waals surface area contributed by atoms with E-state index in [4.69, 9.17) is 4.98 Å². The summed E-state index contributed by atoms with van der Waals surface area (Å²) >= 11 is 0. The van der Waals surface area contributed by atoms with E-state index in [0.717, 1.165) is 13.0 Å². The Morgan fingerprint density at radius 3 is 2.61 bits per heavy atom. The third kappa shape index (κ3) is 3.26. The Morgan fingerprint density at radius 2 is 1.82 bits per heavy atom. The molecular weight excluding hydrogens is 350 g/mol. The van der Waals surface area contributed by atoms with E-state index in [-0.39, 0.29) is 11.1 Å². The van der Waals surface area contributed by atoms with Gasteiger partial charge in [-0.2, -0.15) is 10.1 Å². The van der Waals surface area contributed by atoms with Gasteiger partial charge >= 0.3 is 0 Å². The lowest BCUT2D eigenvalue weighted by Crippen LogP contribution is -2.27. The van der Waals surface area contributed by atoms with Gasteiger partial charge in [-0.1, -0.05) is 42.5 Å². The van der Waals surface area contributed by atoms with Gasteiger partial charge in [0.25, 0.3) is 5.56 Å². The van der Waals surface area contributed by atoms with Gasteiger partial charge in [0.15, 0.2) is 5.65 Å². The van der Waals surface area contributed by atoms with Crippen molar-refractivity contribution in [3.8, 4) is 0 Å². The first-order valence-electron chi connectivity index (χ1n) is 9.51. The van der Waals surface area contributed by atoms with Crippen LogP contribution in [-0.2, 0) is 12.0 Å². The average molecular weight is 375 g/mol. The number of rotatable bonds is 4. The van der Waals surface area contributed by atoms with Crippen LogP contribution in [-0.4, -0.2) is 33.3 Å². The zero-order valence-corrected chi connectivity index (χ0v) is 16.7. The second-order valence-corrected chi connectivity index (χ2v) is 8.16. The van der Waals surface area contributed by atoms with Gasteiger partial charge < -0.3 is 4.90 Å². The van der Waals surface area contributed by atoms with Crippen molar-refractivity contribution in [1.82, 2.24) is 19.7 Å². The highest BCUT2D eigenvalue weighted by Gasteiger charge is 2.20. The molecule has 0 spiro atoms. The fourth-order valence-electron chi connectivity index (χ4n) is 3.48. The standard InChI is InChI=1S/C22H25N5O/c1-22(2,3)27-19-18(14-23-27)20(28)25-21(24-19)26(4)13-12-16-10-7-9-15-8-5-6-11-17(15)16/h5-11,14H,12-13H2,1-4H3,(H,24,25,28). The maximum Gasteiger partial charge on any atom is 0.263 e. The summed E-state index contributed by atoms with van der Waals surface area (Å²) in [6.45, 7) is 6.89. The number of hydrogen-bond acceptors (Lipinski definition) is 4. The van der Waals surface area contributed by atoms with Crippen LogP contribution in [0.2, 0.25) is 0 Å². The Morgan fingerprint density at radius 1 is 1.07 bits per heavy atom. The molecule has 0 amide bonds. The SMILES string of the molecule is CN(CCc1cccc2ccccc12)c1nc2c(cnn2C(C)(C)C)c(=O)[nH]1. The molecule has 2 aromatic carbocycles. The van der Waals surface area contributed by atoms with E-state index in [1.165, 1.54) is 16.3 Å². The molecule has 0 saturated carbocycles. The van der Waals surface area contributed by atoms with E-state index in [0.29, 0.717) is 17.0 Å². The molecule has 0 fully saturated rings. The summed E-state index contributed by atoms with van der Waals surface area (Å²) < 4.78 is 1.81. The van der Waals surface area contributed by atoms with Crippen molar-refractivity contribution in [1.29, 1.82) is 0 Å². The van der Waals surface area contributed by atoms with Gasteiger partial charge in [0.1, 0.15) is 5.39 Å². The summed E-state index contributed by atoms with van der Waals surface area (Å²) in [5.74, 6) is 0.559. The lowest BCUT2D eigenvalue weighted by molar-refractivity contribution is 0.366. The first-order chi connectivity index (χ1) is 13.3. The summed E-state index contributed by atoms with van der Waals surface area (Å²) in [6.07, 6.45) is 2.45. The van der Waals surface area contributed by atoms with Gasteiger partial charge in [0, 0.05) is 13.6 Å². The van der Waals surface area contributed by atoms with Crippen molar-refractivity contribution in [2.45, 2.75) is 32.7 Å². The number of nitrogens with one attached hydrogen (secondary N) is 1. The zero-order chi connectivity index (χ0) is 19.9. The van der Waals surface area contributed by atoms with Crippen LogP contribution in [0.5, 0.6) is 0 Å². The molecule has 0 saturated heterocycles. The Labute approximate surface area is 163 Å². The van der Waals surface area contributed by atoms with Gasteiger partial charge in [-0.3, -0.25) is 9.78 Å². The fourth-order valence-corrected chi connectivity index (χ4v) is 3.48. The number of anilines is 1. The molecule has 0 aliphatic rings. The van der Waals surface area contributed by atoms with Crippen molar-refractivity contribution < 1.29 is 0 Å². The van der Waals surface area contributed by atoms with Gasteiger partial charge in [0.05, 0.1) is 11.7 Å². The lowest BCUT2D eigenvalue weighted by atomic mass is 10.0. The van der Waals surface area contributed by atoms with Crippen molar-refractivity contribution >= 4 is 27.8 Å². The molecular formula is C22H25N5O. The molecule has 4 aromatic rings. The fraction of sp³-hybridized carbons (Fsp3) is 0.318. The van der Waals surface area contributed by atoms with Crippen molar-refractivity contribution in [2.24, 2.45) is 0 Å². The number of hydrogen-bond donors (Lipinski definition) is 1. The zero-order valence-electron chi connectivity index (χ0n) is 16.7. The first-order valence-corrected chi connectivity index (χ1v) is 9.51. The highest BCUT2D eigenvalue weighted by molar-refractivity contribution is 5.85. The second-order valence-electron chi connectivity index (χ2n) is 8.16. The molecule has 2 heterocycles. The summed E-state index contributed by atoms with van der Waals surface area (Å²) in [5.41, 5.74) is 1.49. The quantitative estimate of drug-likeness (QED) is 0.590. The van der Waals surface area contributed by atoms with E-state index in [9.17, 15) is 4.79 Å². The van der Waals surface area contributed by atoms with Crippen LogP contribution in [0.15, 0.2) is 53.5 Å². The number of aromatic nitrogens is 4. The molecule has 0 aliphatic carbocycles. The second kappa shape index (κ2) is 6.78. The van der Waals surface area contributed by atoms with Crippen LogP contribution in [0.4, 0.5) is 5.95 Å². The molecule has 1 N–H and O–H groups in total. The third-order valence-electron chi connectivity index (χ3n) is 5.02. The number of fused-ring (bicyclic) bond motifs is 2. The van der Waals surface area contributed by atoms with Gasteiger partial charge in [0.2, 0.25) is 5.95 Å². The molecule has 4 rings (SSSR count). The Kier molecular flexibility index (Phi) is 4.41. The number of benzene rings is 2. The molecule has 2 aromatic heterocycles. The maximum atomic E-state index is 12.5. The van der Waals surface area contributed by atoms with Crippen molar-refractivity contribution in [2.75, 3.05) is 18.5 Å². The molecule has 6 heteroatoms. The lowest BCUT2D eigenvalue weighted by Gasteiger charge is -2.21. The van der Waals surface area contributed by atoms with E-state index in [2.05, 4.69) is 52.5 Å². The van der Waals surface area contributed by atoms with E-state index in [1.807, 2.05) is 32.7 Å². The minimum atomic E-state index is -0.249. The summed E-state index contributed by atoms with van der Waals surface area (Å²) in [4.78, 5) is 22.1.